The van der Waals surface area contributed by atoms with Gasteiger partial charge in [-0.2, -0.15) is 8.78 Å². The van der Waals surface area contributed by atoms with Crippen LogP contribution in [0.3, 0.4) is 0 Å². The molecule has 3 aliphatic carbocycles. The molecule has 0 unspecified atom stereocenters. The minimum absolute atomic E-state index is 0.169. The summed E-state index contributed by atoms with van der Waals surface area (Å²) in [4.78, 5) is 0. The minimum atomic E-state index is -1.75. The van der Waals surface area contributed by atoms with E-state index in [-0.39, 0.29) is 6.61 Å². The molecule has 0 saturated carbocycles. The normalized spacial score (nSPS) is 11.9. The van der Waals surface area contributed by atoms with Gasteiger partial charge in [0.2, 0.25) is 0 Å². The van der Waals surface area contributed by atoms with Crippen molar-refractivity contribution in [1.29, 1.82) is 0 Å². The molecule has 19 rings (SSSR count). The lowest BCUT2D eigenvalue weighted by Gasteiger charge is -2.20. The highest BCUT2D eigenvalue weighted by atomic mass is 19.3. The van der Waals surface area contributed by atoms with Crippen LogP contribution in [-0.2, 0) is 103 Å². The predicted octanol–water partition coefficient (Wildman–Crippen LogP) is 36.7. The smallest absolute Gasteiger partial charge is 0.269 e. The highest BCUT2D eigenvalue weighted by Gasteiger charge is 2.21. The summed E-state index contributed by atoms with van der Waals surface area (Å²) in [6.45, 7) is 41.2. The van der Waals surface area contributed by atoms with Crippen LogP contribution < -0.4 is 9.47 Å². The van der Waals surface area contributed by atoms with Gasteiger partial charge >= 0.3 is 0 Å². The minimum Gasteiger partial charge on any atom is -0.489 e. The third kappa shape index (κ3) is 26.2. The van der Waals surface area contributed by atoms with Crippen molar-refractivity contribution in [2.45, 2.75) is 249 Å². The summed E-state index contributed by atoms with van der Waals surface area (Å²) in [5.74, 6) is 1.30. The molecule has 4 heteroatoms. The Morgan fingerprint density at radius 2 is 0.643 bits per heavy atom. The van der Waals surface area contributed by atoms with Gasteiger partial charge in [0.1, 0.15) is 24.7 Å². The summed E-state index contributed by atoms with van der Waals surface area (Å²) < 4.78 is 35.5. The molecule has 0 saturated heterocycles. The molecule has 2 nitrogen and oxygen atoms in total. The fourth-order valence-electron chi connectivity index (χ4n) is 21.2. The van der Waals surface area contributed by atoms with Crippen LogP contribution in [0.4, 0.5) is 8.78 Å². The Hall–Kier alpha value is -13.0. The number of halogens is 2. The van der Waals surface area contributed by atoms with Crippen LogP contribution in [0, 0.1) is 69.2 Å². The summed E-state index contributed by atoms with van der Waals surface area (Å²) in [6, 6.07) is 90.7. The number of hydrogen-bond acceptors (Lipinski definition) is 2. The van der Waals surface area contributed by atoms with Crippen LogP contribution in [0.1, 0.15) is 233 Å². The molecule has 3 aliphatic rings. The zero-order valence-electron chi connectivity index (χ0n) is 85.4. The van der Waals surface area contributed by atoms with E-state index in [1.54, 1.807) is 61.7 Å². The van der Waals surface area contributed by atoms with Gasteiger partial charge in [-0.1, -0.05) is 298 Å². The van der Waals surface area contributed by atoms with E-state index in [4.69, 9.17) is 9.47 Å². The summed E-state index contributed by atoms with van der Waals surface area (Å²) in [5, 5.41) is 15.8. The quantitative estimate of drug-likeness (QED) is 0.0167. The zero-order valence-corrected chi connectivity index (χ0v) is 85.4. The number of benzene rings is 16. The van der Waals surface area contributed by atoms with Gasteiger partial charge in [-0.15, -0.1) is 13.2 Å². The molecule has 0 N–H and O–H groups in total. The van der Waals surface area contributed by atoms with E-state index >= 15 is 0 Å². The monoisotopic (exact) mass is 1850 g/mol. The Bertz CT molecular complexity index is 6890. The van der Waals surface area contributed by atoms with Crippen molar-refractivity contribution in [2.24, 2.45) is 0 Å². The lowest BCUT2D eigenvalue weighted by Crippen LogP contribution is -2.08. The van der Waals surface area contributed by atoms with Gasteiger partial charge < -0.3 is 9.47 Å². The molecule has 0 amide bonds. The van der Waals surface area contributed by atoms with Gasteiger partial charge in [0, 0.05) is 16.8 Å². The van der Waals surface area contributed by atoms with Crippen molar-refractivity contribution in [3.63, 3.8) is 0 Å². The van der Waals surface area contributed by atoms with Crippen LogP contribution >= 0.6 is 0 Å². The number of fused-ring (bicyclic) bond motifs is 10. The lowest BCUT2D eigenvalue weighted by molar-refractivity contribution is 0.347. The molecule has 0 radical (unpaired) electrons. The van der Waals surface area contributed by atoms with E-state index < -0.39 is 6.08 Å². The van der Waals surface area contributed by atoms with Crippen molar-refractivity contribution >= 4 is 76.8 Å². The highest BCUT2D eigenvalue weighted by Crippen LogP contribution is 2.42. The van der Waals surface area contributed by atoms with E-state index in [9.17, 15) is 8.78 Å². The molecular weight excluding hydrogens is 1700 g/mol. The second-order valence-electron chi connectivity index (χ2n) is 40.1. The maximum Gasteiger partial charge on any atom is 0.269 e. The van der Waals surface area contributed by atoms with Crippen LogP contribution in [-0.4, -0.2) is 13.2 Å². The first kappa shape index (κ1) is 101. The first-order valence-electron chi connectivity index (χ1n) is 52.0. The SMILES string of the molecule is C=CCCCCc1c(CCCCC=C)c2cc(C)ccc2c2ccc(C)cc12.C=CCOc1cc(C)cc2c(OCC=C(F)F)cc(C)cc12.C=Cc1ccc(CCc2cc(C)cc3c(CCc4ccc(C=C)cc4)cc(C)cc23)cc1.Cc1c2ccccc2c(C)c2cc(-c3ccc4c(c3)CC4)ccc12.Cc1cc(CCCCCc2ccc3c(c2)CC3)c(C)cc1CCCCCc1ccc2c(c1)CC2. The van der Waals surface area contributed by atoms with E-state index in [0.29, 0.717) is 12.4 Å². The molecular formula is C136H146F2O2. The Balaban J connectivity index is 0.000000133. The average molecular weight is 1850 g/mol. The van der Waals surface area contributed by atoms with Gasteiger partial charge in [0.05, 0.1) is 0 Å². The van der Waals surface area contributed by atoms with Crippen LogP contribution in [0.25, 0.3) is 87.9 Å². The number of rotatable bonds is 37. The summed E-state index contributed by atoms with van der Waals surface area (Å²) in [6.07, 6.45) is 42.8. The second-order valence-corrected chi connectivity index (χ2v) is 40.1. The largest absolute Gasteiger partial charge is 0.489 e. The summed E-state index contributed by atoms with van der Waals surface area (Å²) in [7, 11) is 0. The predicted molar refractivity (Wildman–Crippen MR) is 603 cm³/mol. The third-order valence-corrected chi connectivity index (χ3v) is 29.5. The molecule has 0 aromatic heterocycles. The zero-order chi connectivity index (χ0) is 98.1. The average Bonchev–Trinajstić information content (AvgIpc) is 0.752. The highest BCUT2D eigenvalue weighted by molar-refractivity contribution is 6.11. The molecule has 0 spiro atoms. The summed E-state index contributed by atoms with van der Waals surface area (Å²) in [5.41, 5.74) is 42.7. The Kier molecular flexibility index (Phi) is 35.6. The first-order chi connectivity index (χ1) is 68.1. The summed E-state index contributed by atoms with van der Waals surface area (Å²) >= 11 is 0. The Labute approximate surface area is 835 Å². The topological polar surface area (TPSA) is 18.5 Å². The van der Waals surface area contributed by atoms with E-state index in [0.717, 1.165) is 85.1 Å². The molecule has 140 heavy (non-hydrogen) atoms. The molecule has 0 aliphatic heterocycles. The van der Waals surface area contributed by atoms with E-state index in [1.807, 2.05) is 62.4 Å². The molecule has 16 aromatic rings. The van der Waals surface area contributed by atoms with Crippen molar-refractivity contribution < 1.29 is 18.3 Å². The number of ether oxygens (including phenoxy) is 2. The fourth-order valence-corrected chi connectivity index (χ4v) is 21.2. The van der Waals surface area contributed by atoms with Crippen molar-refractivity contribution in [3.05, 3.63) is 462 Å². The fraction of sp³-hybridized carbons (Fsp3) is 0.294. The number of aryl methyl sites for hydroxylation is 26. The van der Waals surface area contributed by atoms with Crippen molar-refractivity contribution in [2.75, 3.05) is 13.2 Å². The van der Waals surface area contributed by atoms with Gasteiger partial charge in [0.15, 0.2) is 0 Å². The van der Waals surface area contributed by atoms with Crippen LogP contribution in [0.5, 0.6) is 11.5 Å². The third-order valence-electron chi connectivity index (χ3n) is 29.5. The molecule has 716 valence electrons. The molecule has 0 fully saturated rings. The standard InChI is InChI=1S/C34H42.C32H32.C28H34.C24H20.C18H18F2O2/c1-25-21-32(12-8-4-6-10-28-14-16-30-18-20-34(30)24-28)26(2)22-31(25)11-7-3-5-9-27-13-15-29-17-19-33(29)23-27;1-5-25-7-11-27(12-8-25)15-17-29-19-23(3)22-32-30(20-24(4)21-31(29)32)18-16-28-13-9-26(6-2)10-14-28;1-5-7-9-11-13-23-24(14-12-10-8-6-2)28-20-22(4)16-18-26(28)25-17-15-21(3)19-27(23)25;1-15-21-5-3-4-6-22(21)16(2)24-14-20(11-12-23(15)24)19-10-8-17-7-9-18(17)13-19;1-4-6-21-16-10-12(2)9-15-14(16)8-13(3)11-17(15)22-7-5-18(19)20/h13-16,21-24H,3-12,17-20H2,1-2H3;5-14,19-22H,1-2,15-18H2,3-4H3;5-6,15-20H,1-2,7-14H2,3-4H3;3-6,8,10-14H,7,9H2,1-2H3;4-5,8-11H,1,6-7H2,2-3H3. The molecule has 0 atom stereocenters. The van der Waals surface area contributed by atoms with Crippen molar-refractivity contribution in [1.82, 2.24) is 0 Å². The number of unbranched alkanes of at least 4 members (excludes halogenated alkanes) is 8. The van der Waals surface area contributed by atoms with E-state index in [2.05, 4.69) is 307 Å². The Morgan fingerprint density at radius 1 is 0.264 bits per heavy atom. The number of hydrogen-bond donors (Lipinski definition) is 0. The van der Waals surface area contributed by atoms with E-state index in [1.165, 1.54) is 282 Å². The van der Waals surface area contributed by atoms with Crippen LogP contribution in [0.15, 0.2) is 306 Å². The second kappa shape index (κ2) is 49.2. The first-order valence-corrected chi connectivity index (χ1v) is 52.0. The van der Waals surface area contributed by atoms with Gasteiger partial charge in [-0.3, -0.25) is 0 Å². The lowest BCUT2D eigenvalue weighted by atomic mass is 9.85. The Morgan fingerprint density at radius 3 is 1.07 bits per heavy atom. The van der Waals surface area contributed by atoms with Crippen LogP contribution in [0.2, 0.25) is 0 Å². The van der Waals surface area contributed by atoms with Gasteiger partial charge in [0.25, 0.3) is 6.08 Å². The molecule has 0 heterocycles. The van der Waals surface area contributed by atoms with Gasteiger partial charge in [-0.05, 0) is 465 Å². The van der Waals surface area contributed by atoms with Gasteiger partial charge in [-0.25, -0.2) is 0 Å². The molecule has 0 bridgehead atoms. The maximum absolute atomic E-state index is 12.2. The maximum atomic E-state index is 12.2. The van der Waals surface area contributed by atoms with Crippen molar-refractivity contribution in [3.8, 4) is 22.6 Å². The molecule has 16 aromatic carbocycles. The number of allylic oxidation sites excluding steroid dienone is 2.